The van der Waals surface area contributed by atoms with Crippen molar-refractivity contribution in [3.05, 3.63) is 34.9 Å². The Hall–Kier alpha value is -2.86. The Morgan fingerprint density at radius 1 is 0.975 bits per heavy atom. The lowest BCUT2D eigenvalue weighted by atomic mass is 9.84. The van der Waals surface area contributed by atoms with Gasteiger partial charge in [-0.1, -0.05) is 55.8 Å². The summed E-state index contributed by atoms with van der Waals surface area (Å²) in [6, 6.07) is 4.57. The Balaban J connectivity index is 1.45. The minimum atomic E-state index is -3.86. The van der Waals surface area contributed by atoms with E-state index in [0.717, 1.165) is 32.1 Å². The number of halogens is 1. The number of rotatable bonds is 12. The maximum atomic E-state index is 13.5. The van der Waals surface area contributed by atoms with Crippen molar-refractivity contribution in [2.24, 2.45) is 11.8 Å². The average molecular weight is 597 g/mol. The van der Waals surface area contributed by atoms with Crippen LogP contribution in [-0.2, 0) is 35.8 Å². The second kappa shape index (κ2) is 13.7. The van der Waals surface area contributed by atoms with Gasteiger partial charge in [0.25, 0.3) is 5.91 Å². The summed E-state index contributed by atoms with van der Waals surface area (Å²) in [4.78, 5) is 51.5. The van der Waals surface area contributed by atoms with Crippen LogP contribution in [0.1, 0.15) is 69.8 Å². The molecule has 2 unspecified atom stereocenters. The monoisotopic (exact) mass is 596 g/mol. The number of alkyl carbamates (subject to hydrolysis) is 1. The lowest BCUT2D eigenvalue weighted by Gasteiger charge is -2.28. The molecule has 1 aromatic rings. The zero-order valence-electron chi connectivity index (χ0n) is 22.3. The highest BCUT2D eigenvalue weighted by Gasteiger charge is 2.40. The number of carbonyl (C=O) groups excluding carboxylic acids is 4. The Morgan fingerprint density at radius 2 is 1.70 bits per heavy atom. The van der Waals surface area contributed by atoms with E-state index >= 15 is 0 Å². The molecule has 2 aliphatic carbocycles. The molecule has 3 fully saturated rings. The first-order chi connectivity index (χ1) is 19.1. The van der Waals surface area contributed by atoms with Gasteiger partial charge in [-0.3, -0.25) is 19.1 Å². The first-order valence-corrected chi connectivity index (χ1v) is 15.8. The van der Waals surface area contributed by atoms with E-state index in [-0.39, 0.29) is 24.9 Å². The molecule has 4 N–H and O–H groups in total. The molecule has 0 radical (unpaired) electrons. The van der Waals surface area contributed by atoms with E-state index in [2.05, 4.69) is 20.7 Å². The van der Waals surface area contributed by atoms with Crippen LogP contribution in [0.5, 0.6) is 0 Å². The van der Waals surface area contributed by atoms with Crippen molar-refractivity contribution in [1.29, 1.82) is 0 Å². The van der Waals surface area contributed by atoms with Crippen LogP contribution in [0.25, 0.3) is 0 Å². The van der Waals surface area contributed by atoms with E-state index in [1.54, 1.807) is 24.3 Å². The average Bonchev–Trinajstić information content (AvgIpc) is 3.71. The van der Waals surface area contributed by atoms with Gasteiger partial charge in [0.2, 0.25) is 21.8 Å². The van der Waals surface area contributed by atoms with E-state index < -0.39 is 51.2 Å². The molecule has 4 rings (SSSR count). The Kier molecular flexibility index (Phi) is 10.3. The van der Waals surface area contributed by atoms with Crippen molar-refractivity contribution in [2.45, 2.75) is 88.1 Å². The third-order valence-corrected chi connectivity index (χ3v) is 9.75. The Labute approximate surface area is 239 Å². The van der Waals surface area contributed by atoms with Gasteiger partial charge in [0.05, 0.1) is 5.25 Å². The molecule has 13 heteroatoms. The van der Waals surface area contributed by atoms with Crippen molar-refractivity contribution in [3.63, 3.8) is 0 Å². The number of amides is 4. The lowest BCUT2D eigenvalue weighted by Crippen LogP contribution is -2.55. The number of sulfonamides is 1. The fraction of sp³-hybridized carbons (Fsp3) is 0.630. The molecule has 1 aliphatic heterocycles. The summed E-state index contributed by atoms with van der Waals surface area (Å²) in [5.74, 6) is -2.13. The van der Waals surface area contributed by atoms with Gasteiger partial charge in [-0.25, -0.2) is 13.2 Å². The van der Waals surface area contributed by atoms with Crippen LogP contribution in [0.3, 0.4) is 0 Å². The normalized spacial score (nSPS) is 21.1. The summed E-state index contributed by atoms with van der Waals surface area (Å²) in [6.07, 6.45) is 5.88. The van der Waals surface area contributed by atoms with E-state index in [1.807, 2.05) is 0 Å². The largest absolute Gasteiger partial charge is 0.445 e. The van der Waals surface area contributed by atoms with Crippen LogP contribution in [-0.4, -0.2) is 56.1 Å². The van der Waals surface area contributed by atoms with Gasteiger partial charge in [0, 0.05) is 17.5 Å². The summed E-state index contributed by atoms with van der Waals surface area (Å²) >= 11 is 5.99. The molecule has 0 aromatic heterocycles. The van der Waals surface area contributed by atoms with Crippen molar-refractivity contribution >= 4 is 45.4 Å². The molecule has 0 spiro atoms. The van der Waals surface area contributed by atoms with Gasteiger partial charge >= 0.3 is 6.09 Å². The summed E-state index contributed by atoms with van der Waals surface area (Å²) in [5, 5.41) is 7.84. The van der Waals surface area contributed by atoms with Gasteiger partial charge in [-0.2, -0.15) is 0 Å². The van der Waals surface area contributed by atoms with Crippen molar-refractivity contribution in [1.82, 2.24) is 20.7 Å². The topological polar surface area (TPSA) is 160 Å². The first kappa shape index (κ1) is 30.1. The number of ether oxygens (including phenoxy) is 1. The van der Waals surface area contributed by atoms with Crippen molar-refractivity contribution < 1.29 is 32.3 Å². The van der Waals surface area contributed by atoms with Crippen molar-refractivity contribution in [3.8, 4) is 0 Å². The van der Waals surface area contributed by atoms with Crippen molar-refractivity contribution in [2.75, 3.05) is 6.54 Å². The number of carbonyl (C=O) groups is 4. The molecule has 1 heterocycles. The van der Waals surface area contributed by atoms with Gasteiger partial charge in [0.15, 0.2) is 0 Å². The fourth-order valence-corrected chi connectivity index (χ4v) is 6.84. The second-order valence-corrected chi connectivity index (χ2v) is 13.3. The minimum absolute atomic E-state index is 0.0506. The van der Waals surface area contributed by atoms with E-state index in [4.69, 9.17) is 16.3 Å². The standard InChI is InChI=1S/C27H37ClN4O7S/c28-20-8-4-7-18(13-20)16-39-27(36)31-22(14-17-5-2-1-3-6-17)25(34)30-23(15-19-11-12-29-24(19)33)26(35)32-40(37,38)21-9-10-21/h4,7-8,13,17,19,21-23H,1-3,5-6,9-12,14-16H2,(H,29,33)(H,30,34)(H,31,36)(H,32,35)/t19-,22?,23?/m0/s1. The summed E-state index contributed by atoms with van der Waals surface area (Å²) < 4.78 is 32.3. The summed E-state index contributed by atoms with van der Waals surface area (Å²) in [7, 11) is -3.86. The quantitative estimate of drug-likeness (QED) is 0.288. The lowest BCUT2D eigenvalue weighted by molar-refractivity contribution is -0.130. The Bertz CT molecular complexity index is 1200. The van der Waals surface area contributed by atoms with Crippen LogP contribution in [0.15, 0.2) is 24.3 Å². The fourth-order valence-electron chi connectivity index (χ4n) is 5.28. The third kappa shape index (κ3) is 8.82. The highest BCUT2D eigenvalue weighted by atomic mass is 35.5. The molecule has 3 atom stereocenters. The molecule has 4 amide bonds. The number of nitrogens with one attached hydrogen (secondary N) is 4. The Morgan fingerprint density at radius 3 is 2.35 bits per heavy atom. The van der Waals surface area contributed by atoms with E-state index in [0.29, 0.717) is 42.8 Å². The van der Waals surface area contributed by atoms with Crippen LogP contribution in [0.2, 0.25) is 5.02 Å². The molecule has 220 valence electrons. The zero-order chi connectivity index (χ0) is 28.7. The van der Waals surface area contributed by atoms with Gasteiger partial charge in [-0.15, -0.1) is 0 Å². The molecule has 0 bridgehead atoms. The highest BCUT2D eigenvalue weighted by molar-refractivity contribution is 7.90. The molecule has 2 saturated carbocycles. The molecule has 1 aromatic carbocycles. The second-order valence-electron chi connectivity index (χ2n) is 10.9. The zero-order valence-corrected chi connectivity index (χ0v) is 23.9. The van der Waals surface area contributed by atoms with Gasteiger partial charge in [0.1, 0.15) is 18.7 Å². The minimum Gasteiger partial charge on any atom is -0.445 e. The van der Waals surface area contributed by atoms with Gasteiger partial charge < -0.3 is 20.7 Å². The highest BCUT2D eigenvalue weighted by Crippen LogP contribution is 2.29. The molecule has 3 aliphatic rings. The van der Waals surface area contributed by atoms with Gasteiger partial charge in [-0.05, 0) is 55.7 Å². The number of benzene rings is 1. The maximum absolute atomic E-state index is 13.5. The van der Waals surface area contributed by atoms with E-state index in [9.17, 15) is 27.6 Å². The SMILES string of the molecule is O=C(NC(CC1CCCCC1)C(=O)NC(C[C@@H]1CCNC1=O)C(=O)NS(=O)(=O)C1CC1)OCc1cccc(Cl)c1. The molecular weight excluding hydrogens is 560 g/mol. The van der Waals surface area contributed by atoms with Crippen LogP contribution in [0.4, 0.5) is 4.79 Å². The summed E-state index contributed by atoms with van der Waals surface area (Å²) in [6.45, 7) is 0.390. The number of hydrogen-bond donors (Lipinski definition) is 4. The van der Waals surface area contributed by atoms with Crippen LogP contribution < -0.4 is 20.7 Å². The predicted molar refractivity (Wildman–Crippen MR) is 148 cm³/mol. The smallest absolute Gasteiger partial charge is 0.408 e. The first-order valence-electron chi connectivity index (χ1n) is 13.9. The maximum Gasteiger partial charge on any atom is 0.408 e. The predicted octanol–water partition coefficient (Wildman–Crippen LogP) is 2.52. The summed E-state index contributed by atoms with van der Waals surface area (Å²) in [5.41, 5.74) is 0.680. The number of hydrogen-bond acceptors (Lipinski definition) is 7. The molecular formula is C27H37ClN4O7S. The van der Waals surface area contributed by atoms with Crippen LogP contribution in [0, 0.1) is 11.8 Å². The van der Waals surface area contributed by atoms with Crippen LogP contribution >= 0.6 is 11.6 Å². The molecule has 1 saturated heterocycles. The molecule has 11 nitrogen and oxygen atoms in total. The molecule has 40 heavy (non-hydrogen) atoms. The van der Waals surface area contributed by atoms with E-state index in [1.165, 1.54) is 0 Å². The third-order valence-electron chi connectivity index (χ3n) is 7.68.